The Balaban J connectivity index is 1.42. The number of rotatable bonds is 4. The molecule has 1 aliphatic heterocycles. The predicted molar refractivity (Wildman–Crippen MR) is 86.9 cm³/mol. The quantitative estimate of drug-likeness (QED) is 0.889. The van der Waals surface area contributed by atoms with Gasteiger partial charge < -0.3 is 15.2 Å². The fraction of sp³-hybridized carbons (Fsp3) is 0.529. The molecule has 3 heterocycles. The van der Waals surface area contributed by atoms with Crippen LogP contribution in [0.4, 0.5) is 19.0 Å². The molecule has 134 valence electrons. The summed E-state index contributed by atoms with van der Waals surface area (Å²) in [6.07, 6.45) is 1.31. The molecule has 4 rings (SSSR count). The molecule has 2 aromatic heterocycles. The second-order valence-corrected chi connectivity index (χ2v) is 6.81. The van der Waals surface area contributed by atoms with E-state index in [9.17, 15) is 13.2 Å². The van der Waals surface area contributed by atoms with Crippen molar-refractivity contribution in [2.75, 3.05) is 18.0 Å². The zero-order valence-electron chi connectivity index (χ0n) is 13.6. The summed E-state index contributed by atoms with van der Waals surface area (Å²) in [6.45, 7) is 2.20. The highest BCUT2D eigenvalue weighted by Crippen LogP contribution is 2.40. The summed E-state index contributed by atoms with van der Waals surface area (Å²) in [4.78, 5) is 13.1. The molecule has 25 heavy (non-hydrogen) atoms. The molecule has 0 radical (unpaired) electrons. The lowest BCUT2D eigenvalue weighted by molar-refractivity contribution is -0.141. The van der Waals surface area contributed by atoms with E-state index in [-0.39, 0.29) is 0 Å². The molecular formula is C17H20F3N5. The first-order chi connectivity index (χ1) is 12.0. The van der Waals surface area contributed by atoms with Crippen LogP contribution in [0.25, 0.3) is 0 Å². The van der Waals surface area contributed by atoms with Crippen LogP contribution in [0.1, 0.15) is 24.4 Å². The summed E-state index contributed by atoms with van der Waals surface area (Å²) < 4.78 is 38.6. The molecule has 0 aromatic carbocycles. The molecule has 3 atom stereocenters. The number of nitrogens with zero attached hydrogens (tertiary/aromatic N) is 3. The van der Waals surface area contributed by atoms with Crippen LogP contribution in [-0.4, -0.2) is 34.1 Å². The Morgan fingerprint density at radius 1 is 1.24 bits per heavy atom. The number of halogens is 3. The molecular weight excluding hydrogens is 331 g/mol. The molecule has 0 bridgehead atoms. The van der Waals surface area contributed by atoms with Gasteiger partial charge in [0.25, 0.3) is 0 Å². The number of fused-ring (bicyclic) bond motifs is 1. The maximum atomic E-state index is 12.9. The Kier molecular flexibility index (Phi) is 4.15. The number of aromatic amines is 1. The lowest BCUT2D eigenvalue weighted by Gasteiger charge is -2.22. The standard InChI is InChI=1S/C17H20F3N5/c18-17(19,20)14-2-1-3-16(24-14)25-9-11-4-5-13(12(11)10-25)23-8-15-21-6-7-22-15/h1-3,6-7,11-13,23H,4-5,8-10H2,(H,21,22). The first kappa shape index (κ1) is 16.4. The van der Waals surface area contributed by atoms with Crippen molar-refractivity contribution in [3.8, 4) is 0 Å². The highest BCUT2D eigenvalue weighted by Gasteiger charge is 2.43. The van der Waals surface area contributed by atoms with Crippen molar-refractivity contribution in [2.45, 2.75) is 31.6 Å². The Labute approximate surface area is 143 Å². The largest absolute Gasteiger partial charge is 0.433 e. The van der Waals surface area contributed by atoms with E-state index in [1.165, 1.54) is 6.07 Å². The van der Waals surface area contributed by atoms with E-state index in [1.54, 1.807) is 18.5 Å². The van der Waals surface area contributed by atoms with Crippen LogP contribution < -0.4 is 10.2 Å². The minimum absolute atomic E-state index is 0.367. The Morgan fingerprint density at radius 3 is 2.88 bits per heavy atom. The van der Waals surface area contributed by atoms with Crippen molar-refractivity contribution in [3.05, 3.63) is 42.1 Å². The van der Waals surface area contributed by atoms with Crippen molar-refractivity contribution in [2.24, 2.45) is 11.8 Å². The van der Waals surface area contributed by atoms with Crippen LogP contribution in [-0.2, 0) is 12.7 Å². The lowest BCUT2D eigenvalue weighted by atomic mass is 9.98. The first-order valence-corrected chi connectivity index (χ1v) is 8.51. The van der Waals surface area contributed by atoms with Gasteiger partial charge in [-0.2, -0.15) is 13.2 Å². The van der Waals surface area contributed by atoms with Crippen LogP contribution in [0, 0.1) is 11.8 Å². The smallest absolute Gasteiger partial charge is 0.356 e. The molecule has 2 fully saturated rings. The van der Waals surface area contributed by atoms with Crippen molar-refractivity contribution >= 4 is 5.82 Å². The van der Waals surface area contributed by atoms with E-state index >= 15 is 0 Å². The first-order valence-electron chi connectivity index (χ1n) is 8.51. The molecule has 2 aliphatic rings. The number of pyridine rings is 1. The van der Waals surface area contributed by atoms with E-state index in [0.717, 1.165) is 37.8 Å². The maximum Gasteiger partial charge on any atom is 0.433 e. The molecule has 1 saturated carbocycles. The number of H-pyrrole nitrogens is 1. The number of alkyl halides is 3. The molecule has 1 aliphatic carbocycles. The molecule has 8 heteroatoms. The van der Waals surface area contributed by atoms with Gasteiger partial charge in [-0.05, 0) is 36.8 Å². The summed E-state index contributed by atoms with van der Waals surface area (Å²) in [6, 6.07) is 4.49. The number of imidazole rings is 1. The van der Waals surface area contributed by atoms with Gasteiger partial charge in [0.2, 0.25) is 0 Å². The zero-order valence-corrected chi connectivity index (χ0v) is 13.6. The van der Waals surface area contributed by atoms with E-state index < -0.39 is 11.9 Å². The van der Waals surface area contributed by atoms with Gasteiger partial charge in [-0.25, -0.2) is 9.97 Å². The monoisotopic (exact) mass is 351 g/mol. The average molecular weight is 351 g/mol. The van der Waals surface area contributed by atoms with E-state index in [2.05, 4.69) is 20.3 Å². The normalized spacial score (nSPS) is 26.2. The van der Waals surface area contributed by atoms with Crippen LogP contribution in [0.5, 0.6) is 0 Å². The molecule has 3 unspecified atom stereocenters. The van der Waals surface area contributed by atoms with Crippen LogP contribution in [0.15, 0.2) is 30.6 Å². The van der Waals surface area contributed by atoms with E-state index in [1.807, 2.05) is 4.90 Å². The van der Waals surface area contributed by atoms with Gasteiger partial charge >= 0.3 is 6.18 Å². The topological polar surface area (TPSA) is 56.8 Å². The maximum absolute atomic E-state index is 12.9. The predicted octanol–water partition coefficient (Wildman–Crippen LogP) is 2.83. The van der Waals surface area contributed by atoms with Gasteiger partial charge in [-0.15, -0.1) is 0 Å². The van der Waals surface area contributed by atoms with E-state index in [4.69, 9.17) is 0 Å². The molecule has 1 saturated heterocycles. The molecule has 2 N–H and O–H groups in total. The SMILES string of the molecule is FC(F)(F)c1cccc(N2CC3CCC(NCc4ncc[nH]4)C3C2)n1. The number of hydrogen-bond donors (Lipinski definition) is 2. The third-order valence-electron chi connectivity index (χ3n) is 5.29. The summed E-state index contributed by atoms with van der Waals surface area (Å²) in [5, 5.41) is 3.54. The van der Waals surface area contributed by atoms with Crippen LogP contribution in [0.2, 0.25) is 0 Å². The number of anilines is 1. The average Bonchev–Trinajstić information content (AvgIpc) is 3.30. The highest BCUT2D eigenvalue weighted by molar-refractivity contribution is 5.42. The summed E-state index contributed by atoms with van der Waals surface area (Å²) in [5.74, 6) is 2.27. The number of aromatic nitrogens is 3. The van der Waals surface area contributed by atoms with Gasteiger partial charge in [-0.1, -0.05) is 6.07 Å². The fourth-order valence-electron chi connectivity index (χ4n) is 4.09. The fourth-order valence-corrected chi connectivity index (χ4v) is 4.09. The van der Waals surface area contributed by atoms with Gasteiger partial charge in [0.05, 0.1) is 6.54 Å². The molecule has 5 nitrogen and oxygen atoms in total. The third-order valence-corrected chi connectivity index (χ3v) is 5.29. The van der Waals surface area contributed by atoms with Gasteiger partial charge in [0, 0.05) is 31.5 Å². The Hall–Kier alpha value is -2.09. The number of hydrogen-bond acceptors (Lipinski definition) is 4. The lowest BCUT2D eigenvalue weighted by Crippen LogP contribution is -2.35. The van der Waals surface area contributed by atoms with Gasteiger partial charge in [0.15, 0.2) is 0 Å². The zero-order chi connectivity index (χ0) is 17.4. The second-order valence-electron chi connectivity index (χ2n) is 6.81. The minimum atomic E-state index is -4.40. The molecule has 0 spiro atoms. The number of nitrogens with one attached hydrogen (secondary N) is 2. The summed E-state index contributed by atoms with van der Waals surface area (Å²) >= 11 is 0. The van der Waals surface area contributed by atoms with Gasteiger partial charge in [0.1, 0.15) is 17.3 Å². The minimum Gasteiger partial charge on any atom is -0.356 e. The van der Waals surface area contributed by atoms with Gasteiger partial charge in [-0.3, -0.25) is 0 Å². The van der Waals surface area contributed by atoms with E-state index in [0.29, 0.717) is 30.2 Å². The summed E-state index contributed by atoms with van der Waals surface area (Å²) in [7, 11) is 0. The van der Waals surface area contributed by atoms with Crippen LogP contribution in [0.3, 0.4) is 0 Å². The molecule has 0 amide bonds. The third kappa shape index (κ3) is 3.35. The Bertz CT molecular complexity index is 715. The van der Waals surface area contributed by atoms with Crippen molar-refractivity contribution in [1.29, 1.82) is 0 Å². The highest BCUT2D eigenvalue weighted by atomic mass is 19.4. The van der Waals surface area contributed by atoms with Crippen molar-refractivity contribution in [1.82, 2.24) is 20.3 Å². The van der Waals surface area contributed by atoms with Crippen LogP contribution >= 0.6 is 0 Å². The molecule has 2 aromatic rings. The Morgan fingerprint density at radius 2 is 2.12 bits per heavy atom. The summed E-state index contributed by atoms with van der Waals surface area (Å²) in [5.41, 5.74) is -0.824. The van der Waals surface area contributed by atoms with Crippen molar-refractivity contribution < 1.29 is 13.2 Å². The van der Waals surface area contributed by atoms with Crippen molar-refractivity contribution in [3.63, 3.8) is 0 Å². The second kappa shape index (κ2) is 6.33.